The Morgan fingerprint density at radius 3 is 2.41 bits per heavy atom. The molecule has 148 valence electrons. The molecule has 0 unspecified atom stereocenters. The largest absolute Gasteiger partial charge is 0.478 e. The lowest BCUT2D eigenvalue weighted by Crippen LogP contribution is -2.39. The van der Waals surface area contributed by atoms with Gasteiger partial charge >= 0.3 is 5.97 Å². The number of hydrogen-bond donors (Lipinski definition) is 1. The number of aromatic carboxylic acids is 1. The van der Waals surface area contributed by atoms with E-state index in [1.165, 1.54) is 0 Å². The standard InChI is InChI=1S/C22H22N4O3/c27-21(20-23-15-26(24-20)18-7-2-1-3-8-18)25-12-10-16(11-13-25)14-17-6-4-5-9-19(17)22(28)29/h1-9,15-16H,10-14H2,(H,28,29). The molecule has 1 fully saturated rings. The number of aromatic nitrogens is 3. The lowest BCUT2D eigenvalue weighted by Gasteiger charge is -2.31. The van der Waals surface area contributed by atoms with Crippen LogP contribution < -0.4 is 0 Å². The summed E-state index contributed by atoms with van der Waals surface area (Å²) in [5.41, 5.74) is 2.07. The number of amides is 1. The first-order chi connectivity index (χ1) is 14.1. The molecule has 1 saturated heterocycles. The first-order valence-corrected chi connectivity index (χ1v) is 9.69. The molecular weight excluding hydrogens is 368 g/mol. The van der Waals surface area contributed by atoms with Crippen molar-refractivity contribution in [3.8, 4) is 5.69 Å². The third-order valence-electron chi connectivity index (χ3n) is 5.36. The van der Waals surface area contributed by atoms with Gasteiger partial charge in [-0.1, -0.05) is 36.4 Å². The van der Waals surface area contributed by atoms with Crippen LogP contribution in [0.25, 0.3) is 5.69 Å². The van der Waals surface area contributed by atoms with Crippen LogP contribution in [0.2, 0.25) is 0 Å². The van der Waals surface area contributed by atoms with E-state index in [4.69, 9.17) is 0 Å². The maximum atomic E-state index is 12.8. The van der Waals surface area contributed by atoms with Gasteiger partial charge in [-0.05, 0) is 48.9 Å². The van der Waals surface area contributed by atoms with Gasteiger partial charge < -0.3 is 10.0 Å². The quantitative estimate of drug-likeness (QED) is 0.723. The number of carboxylic acid groups (broad SMARTS) is 1. The van der Waals surface area contributed by atoms with Gasteiger partial charge in [0.1, 0.15) is 6.33 Å². The predicted molar refractivity (Wildman–Crippen MR) is 107 cm³/mol. The summed E-state index contributed by atoms with van der Waals surface area (Å²) in [6, 6.07) is 16.7. The summed E-state index contributed by atoms with van der Waals surface area (Å²) in [7, 11) is 0. The van der Waals surface area contributed by atoms with Gasteiger partial charge in [0.25, 0.3) is 5.91 Å². The van der Waals surface area contributed by atoms with Gasteiger partial charge in [-0.25, -0.2) is 14.5 Å². The Kier molecular flexibility index (Phi) is 5.37. The van der Waals surface area contributed by atoms with Gasteiger partial charge in [0.2, 0.25) is 5.82 Å². The minimum Gasteiger partial charge on any atom is -0.478 e. The van der Waals surface area contributed by atoms with Gasteiger partial charge in [0.05, 0.1) is 11.3 Å². The zero-order valence-corrected chi connectivity index (χ0v) is 15.9. The van der Waals surface area contributed by atoms with Crippen molar-refractivity contribution in [2.24, 2.45) is 5.92 Å². The fourth-order valence-corrected chi connectivity index (χ4v) is 3.77. The molecular formula is C22H22N4O3. The average Bonchev–Trinajstić information content (AvgIpc) is 3.25. The van der Waals surface area contributed by atoms with E-state index in [9.17, 15) is 14.7 Å². The lowest BCUT2D eigenvalue weighted by molar-refractivity contribution is 0.0678. The molecule has 3 aromatic rings. The van der Waals surface area contributed by atoms with Crippen LogP contribution in [0.5, 0.6) is 0 Å². The van der Waals surface area contributed by atoms with Gasteiger partial charge in [0.15, 0.2) is 0 Å². The smallest absolute Gasteiger partial charge is 0.335 e. The van der Waals surface area contributed by atoms with E-state index in [1.807, 2.05) is 42.5 Å². The van der Waals surface area contributed by atoms with Crippen molar-refractivity contribution >= 4 is 11.9 Å². The molecule has 2 aromatic carbocycles. The van der Waals surface area contributed by atoms with Crippen molar-refractivity contribution in [1.29, 1.82) is 0 Å². The van der Waals surface area contributed by atoms with E-state index in [0.717, 1.165) is 24.1 Å². The zero-order chi connectivity index (χ0) is 20.2. The second-order valence-electron chi connectivity index (χ2n) is 7.25. The number of carbonyl (C=O) groups excluding carboxylic acids is 1. The molecule has 1 aliphatic rings. The predicted octanol–water partition coefficient (Wildman–Crippen LogP) is 3.06. The molecule has 4 rings (SSSR count). The second kappa shape index (κ2) is 8.26. The van der Waals surface area contributed by atoms with Gasteiger partial charge in [-0.3, -0.25) is 4.79 Å². The van der Waals surface area contributed by atoms with Crippen molar-refractivity contribution in [3.63, 3.8) is 0 Å². The Morgan fingerprint density at radius 1 is 1.00 bits per heavy atom. The fourth-order valence-electron chi connectivity index (χ4n) is 3.77. The van der Waals surface area contributed by atoms with Crippen molar-refractivity contribution in [3.05, 3.63) is 77.9 Å². The first kappa shape index (κ1) is 18.9. The van der Waals surface area contributed by atoms with Crippen LogP contribution in [0, 0.1) is 5.92 Å². The van der Waals surface area contributed by atoms with Crippen LogP contribution >= 0.6 is 0 Å². The van der Waals surface area contributed by atoms with Crippen molar-refractivity contribution in [2.75, 3.05) is 13.1 Å². The van der Waals surface area contributed by atoms with Crippen LogP contribution in [-0.2, 0) is 6.42 Å². The minimum absolute atomic E-state index is 0.163. The molecule has 0 spiro atoms. The molecule has 7 heteroatoms. The zero-order valence-electron chi connectivity index (χ0n) is 15.9. The molecule has 7 nitrogen and oxygen atoms in total. The number of likely N-dealkylation sites (tertiary alicyclic amines) is 1. The summed E-state index contributed by atoms with van der Waals surface area (Å²) >= 11 is 0. The molecule has 2 heterocycles. The van der Waals surface area contributed by atoms with E-state index < -0.39 is 5.97 Å². The number of rotatable bonds is 5. The summed E-state index contributed by atoms with van der Waals surface area (Å²) < 4.78 is 1.60. The van der Waals surface area contributed by atoms with Crippen LogP contribution in [0.1, 0.15) is 39.4 Å². The van der Waals surface area contributed by atoms with Crippen molar-refractivity contribution in [1.82, 2.24) is 19.7 Å². The molecule has 0 atom stereocenters. The average molecular weight is 390 g/mol. The molecule has 1 aromatic heterocycles. The summed E-state index contributed by atoms with van der Waals surface area (Å²) in [5, 5.41) is 13.7. The van der Waals surface area contributed by atoms with E-state index in [0.29, 0.717) is 31.0 Å². The lowest BCUT2D eigenvalue weighted by atomic mass is 9.88. The molecule has 1 aliphatic heterocycles. The highest BCUT2D eigenvalue weighted by Crippen LogP contribution is 2.24. The van der Waals surface area contributed by atoms with Crippen LogP contribution in [0.3, 0.4) is 0 Å². The number of piperidine rings is 1. The van der Waals surface area contributed by atoms with Gasteiger partial charge in [-0.2, -0.15) is 0 Å². The first-order valence-electron chi connectivity index (χ1n) is 9.69. The topological polar surface area (TPSA) is 88.3 Å². The Labute approximate surface area is 168 Å². The van der Waals surface area contributed by atoms with Crippen LogP contribution in [0.4, 0.5) is 0 Å². The highest BCUT2D eigenvalue weighted by molar-refractivity contribution is 5.90. The maximum Gasteiger partial charge on any atom is 0.335 e. The number of benzene rings is 2. The normalized spacial score (nSPS) is 14.7. The number of para-hydroxylation sites is 1. The molecule has 1 amide bonds. The van der Waals surface area contributed by atoms with E-state index in [1.54, 1.807) is 28.0 Å². The number of nitrogens with zero attached hydrogens (tertiary/aromatic N) is 4. The molecule has 0 aliphatic carbocycles. The summed E-state index contributed by atoms with van der Waals surface area (Å²) in [4.78, 5) is 30.1. The van der Waals surface area contributed by atoms with Crippen LogP contribution in [-0.4, -0.2) is 49.7 Å². The number of carboxylic acids is 1. The monoisotopic (exact) mass is 390 g/mol. The van der Waals surface area contributed by atoms with E-state index in [-0.39, 0.29) is 11.7 Å². The maximum absolute atomic E-state index is 12.8. The Hall–Kier alpha value is -3.48. The SMILES string of the molecule is O=C(O)c1ccccc1CC1CCN(C(=O)c2ncn(-c3ccccc3)n2)CC1. The summed E-state index contributed by atoms with van der Waals surface area (Å²) in [6.45, 7) is 1.25. The van der Waals surface area contributed by atoms with Crippen molar-refractivity contribution in [2.45, 2.75) is 19.3 Å². The summed E-state index contributed by atoms with van der Waals surface area (Å²) in [6.07, 6.45) is 3.93. The van der Waals surface area contributed by atoms with Crippen LogP contribution in [0.15, 0.2) is 60.9 Å². The Balaban J connectivity index is 1.37. The molecule has 1 N–H and O–H groups in total. The number of hydrogen-bond acceptors (Lipinski definition) is 4. The van der Waals surface area contributed by atoms with E-state index in [2.05, 4.69) is 10.1 Å². The molecule has 0 saturated carbocycles. The fraction of sp³-hybridized carbons (Fsp3) is 0.273. The Bertz CT molecular complexity index is 1010. The molecule has 0 bridgehead atoms. The highest BCUT2D eigenvalue weighted by Gasteiger charge is 2.26. The van der Waals surface area contributed by atoms with Crippen molar-refractivity contribution < 1.29 is 14.7 Å². The molecule has 29 heavy (non-hydrogen) atoms. The molecule has 0 radical (unpaired) electrons. The Morgan fingerprint density at radius 2 is 1.69 bits per heavy atom. The minimum atomic E-state index is -0.895. The highest BCUT2D eigenvalue weighted by atomic mass is 16.4. The third-order valence-corrected chi connectivity index (χ3v) is 5.36. The third kappa shape index (κ3) is 4.18. The number of carbonyl (C=O) groups is 2. The van der Waals surface area contributed by atoms with Gasteiger partial charge in [0, 0.05) is 13.1 Å². The summed E-state index contributed by atoms with van der Waals surface area (Å²) in [5.74, 6) is -0.504. The van der Waals surface area contributed by atoms with E-state index >= 15 is 0 Å². The second-order valence-corrected chi connectivity index (χ2v) is 7.25. The van der Waals surface area contributed by atoms with Gasteiger partial charge in [-0.15, -0.1) is 5.10 Å².